The SMILES string of the molecule is CNCC(=O)NCc1ccc(Br)cc1. The second-order valence-corrected chi connectivity index (χ2v) is 3.85. The van der Waals surface area contributed by atoms with Gasteiger partial charge < -0.3 is 10.6 Å². The molecule has 0 aliphatic rings. The third-order valence-electron chi connectivity index (χ3n) is 1.74. The molecule has 76 valence electrons. The number of halogens is 1. The number of benzene rings is 1. The molecule has 1 aromatic carbocycles. The van der Waals surface area contributed by atoms with E-state index in [4.69, 9.17) is 0 Å². The number of hydrogen-bond donors (Lipinski definition) is 2. The van der Waals surface area contributed by atoms with Gasteiger partial charge in [-0.1, -0.05) is 28.1 Å². The lowest BCUT2D eigenvalue weighted by atomic mass is 10.2. The highest BCUT2D eigenvalue weighted by molar-refractivity contribution is 9.10. The summed E-state index contributed by atoms with van der Waals surface area (Å²) in [5.74, 6) is 0.00965. The summed E-state index contributed by atoms with van der Waals surface area (Å²) in [6.07, 6.45) is 0. The monoisotopic (exact) mass is 256 g/mol. The fourth-order valence-corrected chi connectivity index (χ4v) is 1.29. The van der Waals surface area contributed by atoms with Crippen molar-refractivity contribution in [1.29, 1.82) is 0 Å². The highest BCUT2D eigenvalue weighted by atomic mass is 79.9. The molecule has 1 rings (SSSR count). The number of amides is 1. The number of carbonyl (C=O) groups is 1. The molecule has 3 nitrogen and oxygen atoms in total. The summed E-state index contributed by atoms with van der Waals surface area (Å²) in [7, 11) is 1.75. The summed E-state index contributed by atoms with van der Waals surface area (Å²) in [4.78, 5) is 11.1. The molecule has 1 amide bonds. The number of carbonyl (C=O) groups excluding carboxylic acids is 1. The van der Waals surface area contributed by atoms with Crippen LogP contribution in [0.5, 0.6) is 0 Å². The Morgan fingerprint density at radius 2 is 2.00 bits per heavy atom. The van der Waals surface area contributed by atoms with Crippen LogP contribution in [0.2, 0.25) is 0 Å². The summed E-state index contributed by atoms with van der Waals surface area (Å²) in [6.45, 7) is 0.935. The summed E-state index contributed by atoms with van der Waals surface area (Å²) in [6, 6.07) is 7.87. The molecule has 0 radical (unpaired) electrons. The van der Waals surface area contributed by atoms with Gasteiger partial charge >= 0.3 is 0 Å². The molecule has 0 saturated carbocycles. The highest BCUT2D eigenvalue weighted by Crippen LogP contribution is 2.09. The van der Waals surface area contributed by atoms with Crippen LogP contribution in [0, 0.1) is 0 Å². The van der Waals surface area contributed by atoms with Crippen molar-refractivity contribution in [2.45, 2.75) is 6.54 Å². The lowest BCUT2D eigenvalue weighted by Crippen LogP contribution is -2.31. The van der Waals surface area contributed by atoms with Crippen LogP contribution in [0.1, 0.15) is 5.56 Å². The second-order valence-electron chi connectivity index (χ2n) is 2.93. The number of likely N-dealkylation sites (N-methyl/N-ethyl adjacent to an activating group) is 1. The number of hydrogen-bond acceptors (Lipinski definition) is 2. The molecular weight excluding hydrogens is 244 g/mol. The van der Waals surface area contributed by atoms with Crippen LogP contribution in [0.15, 0.2) is 28.7 Å². The van der Waals surface area contributed by atoms with Crippen molar-refractivity contribution in [1.82, 2.24) is 10.6 Å². The maximum Gasteiger partial charge on any atom is 0.234 e. The normalized spacial score (nSPS) is 9.86. The van der Waals surface area contributed by atoms with E-state index in [2.05, 4.69) is 26.6 Å². The van der Waals surface area contributed by atoms with E-state index < -0.39 is 0 Å². The Morgan fingerprint density at radius 1 is 1.36 bits per heavy atom. The van der Waals surface area contributed by atoms with Crippen LogP contribution < -0.4 is 10.6 Å². The zero-order valence-corrected chi connectivity index (χ0v) is 9.60. The average Bonchev–Trinajstić information content (AvgIpc) is 2.17. The van der Waals surface area contributed by atoms with Crippen LogP contribution in [-0.2, 0) is 11.3 Å². The Bertz CT molecular complexity index is 297. The zero-order valence-electron chi connectivity index (χ0n) is 8.01. The van der Waals surface area contributed by atoms with Crippen molar-refractivity contribution in [3.05, 3.63) is 34.3 Å². The topological polar surface area (TPSA) is 41.1 Å². The molecule has 0 aliphatic carbocycles. The molecule has 0 atom stereocenters. The average molecular weight is 257 g/mol. The van der Waals surface area contributed by atoms with E-state index in [1.54, 1.807) is 7.05 Å². The van der Waals surface area contributed by atoms with Gasteiger partial charge in [0, 0.05) is 11.0 Å². The first kappa shape index (κ1) is 11.2. The Morgan fingerprint density at radius 3 is 2.57 bits per heavy atom. The molecule has 14 heavy (non-hydrogen) atoms. The minimum absolute atomic E-state index is 0.00965. The Balaban J connectivity index is 2.38. The number of rotatable bonds is 4. The largest absolute Gasteiger partial charge is 0.351 e. The van der Waals surface area contributed by atoms with Crippen molar-refractivity contribution < 1.29 is 4.79 Å². The van der Waals surface area contributed by atoms with E-state index >= 15 is 0 Å². The third-order valence-corrected chi connectivity index (χ3v) is 2.27. The van der Waals surface area contributed by atoms with Gasteiger partial charge in [-0.25, -0.2) is 0 Å². The van der Waals surface area contributed by atoms with E-state index in [0.29, 0.717) is 13.1 Å². The Kier molecular flexibility index (Phi) is 4.62. The first-order valence-electron chi connectivity index (χ1n) is 4.38. The van der Waals surface area contributed by atoms with Gasteiger partial charge in [-0.05, 0) is 24.7 Å². The molecule has 0 bridgehead atoms. The summed E-state index contributed by atoms with van der Waals surface area (Å²) in [5.41, 5.74) is 1.10. The van der Waals surface area contributed by atoms with Gasteiger partial charge in [-0.15, -0.1) is 0 Å². The van der Waals surface area contributed by atoms with E-state index in [1.807, 2.05) is 24.3 Å². The lowest BCUT2D eigenvalue weighted by molar-refractivity contribution is -0.120. The van der Waals surface area contributed by atoms with Gasteiger partial charge in [0.1, 0.15) is 0 Å². The third kappa shape index (κ3) is 3.89. The molecule has 0 spiro atoms. The van der Waals surface area contributed by atoms with Crippen molar-refractivity contribution in [2.75, 3.05) is 13.6 Å². The minimum atomic E-state index is 0.00965. The van der Waals surface area contributed by atoms with Gasteiger partial charge in [0.05, 0.1) is 6.54 Å². The van der Waals surface area contributed by atoms with Crippen LogP contribution in [0.4, 0.5) is 0 Å². The molecular formula is C10H13BrN2O. The standard InChI is InChI=1S/C10H13BrN2O/c1-12-7-10(14)13-6-8-2-4-9(11)5-3-8/h2-5,12H,6-7H2,1H3,(H,13,14). The first-order chi connectivity index (χ1) is 6.72. The first-order valence-corrected chi connectivity index (χ1v) is 5.17. The maximum atomic E-state index is 11.1. The quantitative estimate of drug-likeness (QED) is 0.853. The Labute approximate surface area is 92.0 Å². The molecule has 0 heterocycles. The lowest BCUT2D eigenvalue weighted by Gasteiger charge is -2.04. The molecule has 0 aromatic heterocycles. The number of nitrogens with one attached hydrogen (secondary N) is 2. The smallest absolute Gasteiger partial charge is 0.234 e. The van der Waals surface area contributed by atoms with Crippen LogP contribution >= 0.6 is 15.9 Å². The molecule has 0 unspecified atom stereocenters. The van der Waals surface area contributed by atoms with Crippen LogP contribution in [0.25, 0.3) is 0 Å². The van der Waals surface area contributed by atoms with Crippen molar-refractivity contribution >= 4 is 21.8 Å². The van der Waals surface area contributed by atoms with Crippen LogP contribution in [0.3, 0.4) is 0 Å². The van der Waals surface area contributed by atoms with Crippen molar-refractivity contribution in [3.63, 3.8) is 0 Å². The van der Waals surface area contributed by atoms with Gasteiger partial charge in [0.25, 0.3) is 0 Å². The van der Waals surface area contributed by atoms with Gasteiger partial charge in [-0.2, -0.15) is 0 Å². The molecule has 4 heteroatoms. The fourth-order valence-electron chi connectivity index (χ4n) is 1.03. The minimum Gasteiger partial charge on any atom is -0.351 e. The highest BCUT2D eigenvalue weighted by Gasteiger charge is 1.98. The summed E-state index contributed by atoms with van der Waals surface area (Å²) >= 11 is 3.35. The van der Waals surface area contributed by atoms with Crippen molar-refractivity contribution in [3.8, 4) is 0 Å². The summed E-state index contributed by atoms with van der Waals surface area (Å²) in [5, 5.41) is 5.60. The second kappa shape index (κ2) is 5.78. The fraction of sp³-hybridized carbons (Fsp3) is 0.300. The van der Waals surface area contributed by atoms with Gasteiger partial charge in [0.2, 0.25) is 5.91 Å². The molecule has 0 aliphatic heterocycles. The van der Waals surface area contributed by atoms with Crippen LogP contribution in [-0.4, -0.2) is 19.5 Å². The molecule has 1 aromatic rings. The van der Waals surface area contributed by atoms with E-state index in [0.717, 1.165) is 10.0 Å². The van der Waals surface area contributed by atoms with Gasteiger partial charge in [0.15, 0.2) is 0 Å². The van der Waals surface area contributed by atoms with E-state index in [9.17, 15) is 4.79 Å². The molecule has 0 saturated heterocycles. The zero-order chi connectivity index (χ0) is 10.4. The maximum absolute atomic E-state index is 11.1. The molecule has 0 fully saturated rings. The molecule has 2 N–H and O–H groups in total. The summed E-state index contributed by atoms with van der Waals surface area (Å²) < 4.78 is 1.04. The van der Waals surface area contributed by atoms with Crippen molar-refractivity contribution in [2.24, 2.45) is 0 Å². The van der Waals surface area contributed by atoms with E-state index in [1.165, 1.54) is 0 Å². The van der Waals surface area contributed by atoms with E-state index in [-0.39, 0.29) is 5.91 Å². The van der Waals surface area contributed by atoms with Gasteiger partial charge in [-0.3, -0.25) is 4.79 Å². The predicted molar refractivity (Wildman–Crippen MR) is 59.9 cm³/mol. The Hall–Kier alpha value is -0.870. The predicted octanol–water partition coefficient (Wildman–Crippen LogP) is 1.28.